The molecule has 50 heavy (non-hydrogen) atoms. The van der Waals surface area contributed by atoms with Crippen LogP contribution in [-0.2, 0) is 9.59 Å². The molecule has 0 aliphatic carbocycles. The lowest BCUT2D eigenvalue weighted by atomic mass is 10.1. The van der Waals surface area contributed by atoms with Crippen molar-refractivity contribution in [1.29, 1.82) is 0 Å². The Bertz CT molecular complexity index is 1700. The molecule has 0 fully saturated rings. The zero-order chi connectivity index (χ0) is 37.2. The van der Waals surface area contributed by atoms with Crippen molar-refractivity contribution in [2.45, 2.75) is 52.7 Å². The average molecular weight is 689 g/mol. The molecule has 4 rings (SSSR count). The van der Waals surface area contributed by atoms with E-state index in [9.17, 15) is 40.0 Å². The van der Waals surface area contributed by atoms with Gasteiger partial charge in [-0.3, -0.25) is 29.8 Å². The van der Waals surface area contributed by atoms with Crippen molar-refractivity contribution in [2.75, 3.05) is 23.8 Å². The summed E-state index contributed by atoms with van der Waals surface area (Å²) in [5.74, 6) is -0.226. The predicted octanol–water partition coefficient (Wildman–Crippen LogP) is 5.96. The van der Waals surface area contributed by atoms with Gasteiger partial charge in [0.1, 0.15) is 24.7 Å². The summed E-state index contributed by atoms with van der Waals surface area (Å²) in [6.45, 7) is 9.27. The van der Waals surface area contributed by atoms with Crippen LogP contribution in [0.1, 0.15) is 36.1 Å². The fourth-order valence-corrected chi connectivity index (χ4v) is 4.26. The Balaban J connectivity index is 0.000000270. The van der Waals surface area contributed by atoms with Crippen LogP contribution in [0.2, 0.25) is 0 Å². The molecule has 14 heteroatoms. The molecule has 0 bridgehead atoms. The van der Waals surface area contributed by atoms with E-state index in [1.165, 1.54) is 50.2 Å². The highest BCUT2D eigenvalue weighted by molar-refractivity contribution is 5.97. The Kier molecular flexibility index (Phi) is 12.7. The number of benzene rings is 4. The van der Waals surface area contributed by atoms with Crippen molar-refractivity contribution >= 4 is 34.6 Å². The molecule has 4 aromatic carbocycles. The predicted molar refractivity (Wildman–Crippen MR) is 188 cm³/mol. The summed E-state index contributed by atoms with van der Waals surface area (Å²) in [5, 5.41) is 47.4. The Morgan fingerprint density at radius 3 is 1.22 bits per heavy atom. The molecule has 0 aromatic heterocycles. The lowest BCUT2D eigenvalue weighted by Gasteiger charge is -2.22. The van der Waals surface area contributed by atoms with E-state index in [4.69, 9.17) is 9.47 Å². The maximum atomic E-state index is 12.3. The van der Waals surface area contributed by atoms with Crippen LogP contribution in [0.5, 0.6) is 11.5 Å². The number of nitrogens with zero attached hydrogens (tertiary/aromatic N) is 2. The van der Waals surface area contributed by atoms with Gasteiger partial charge in [0.15, 0.2) is 11.2 Å². The van der Waals surface area contributed by atoms with Gasteiger partial charge < -0.3 is 30.3 Å². The van der Waals surface area contributed by atoms with Crippen LogP contribution in [0.25, 0.3) is 0 Å². The summed E-state index contributed by atoms with van der Waals surface area (Å²) in [4.78, 5) is 45.2. The molecular formula is C36H40N4O10. The van der Waals surface area contributed by atoms with Gasteiger partial charge in [-0.05, 0) is 90.1 Å². The van der Waals surface area contributed by atoms with Crippen LogP contribution < -0.4 is 20.1 Å². The molecule has 0 saturated heterocycles. The molecule has 2 unspecified atom stereocenters. The van der Waals surface area contributed by atoms with Crippen molar-refractivity contribution in [3.8, 4) is 11.5 Å². The third kappa shape index (κ3) is 11.1. The van der Waals surface area contributed by atoms with Gasteiger partial charge in [0.05, 0.1) is 9.85 Å². The van der Waals surface area contributed by atoms with Crippen LogP contribution in [0.4, 0.5) is 22.7 Å². The molecule has 2 amide bonds. The van der Waals surface area contributed by atoms with Gasteiger partial charge in [0.2, 0.25) is 0 Å². The first-order valence-electron chi connectivity index (χ1n) is 15.3. The average Bonchev–Trinajstić information content (AvgIpc) is 3.04. The van der Waals surface area contributed by atoms with Gasteiger partial charge in [0.25, 0.3) is 23.2 Å². The smallest absolute Gasteiger partial charge is 0.272 e. The Labute approximate surface area is 289 Å². The number of aryl methyl sites for hydroxylation is 4. The van der Waals surface area contributed by atoms with Crippen molar-refractivity contribution in [1.82, 2.24) is 0 Å². The number of nitro benzene ring substituents is 2. The summed E-state index contributed by atoms with van der Waals surface area (Å²) < 4.78 is 10.9. The van der Waals surface area contributed by atoms with Gasteiger partial charge in [-0.2, -0.15) is 0 Å². The third-order valence-electron chi connectivity index (χ3n) is 7.36. The highest BCUT2D eigenvalue weighted by Gasteiger charge is 2.33. The molecule has 0 aliphatic heterocycles. The standard InChI is InChI=1S/2C18H20N2O5/c2*1-12-4-7-15(8-5-12)25-11-18(3,22)17(21)19-14-6-9-16(20(23)24)13(2)10-14/h2*4-10,22H,11H2,1-3H3,(H,19,21). The van der Waals surface area contributed by atoms with Crippen LogP contribution in [0.3, 0.4) is 0 Å². The molecule has 14 nitrogen and oxygen atoms in total. The fraction of sp³-hybridized carbons (Fsp3) is 0.278. The first-order chi connectivity index (χ1) is 23.4. The van der Waals surface area contributed by atoms with Gasteiger partial charge in [-0.25, -0.2) is 0 Å². The van der Waals surface area contributed by atoms with Crippen LogP contribution in [-0.4, -0.2) is 56.3 Å². The quantitative estimate of drug-likeness (QED) is 0.102. The minimum atomic E-state index is -1.76. The Morgan fingerprint density at radius 1 is 0.620 bits per heavy atom. The first-order valence-corrected chi connectivity index (χ1v) is 15.3. The number of amides is 2. The molecule has 0 spiro atoms. The second-order valence-corrected chi connectivity index (χ2v) is 12.2. The third-order valence-corrected chi connectivity index (χ3v) is 7.36. The summed E-state index contributed by atoms with van der Waals surface area (Å²) >= 11 is 0. The van der Waals surface area contributed by atoms with Crippen molar-refractivity contribution in [3.05, 3.63) is 127 Å². The van der Waals surface area contributed by atoms with Crippen molar-refractivity contribution < 1.29 is 39.1 Å². The van der Waals surface area contributed by atoms with E-state index in [-0.39, 0.29) is 24.6 Å². The van der Waals surface area contributed by atoms with E-state index in [1.54, 1.807) is 38.1 Å². The van der Waals surface area contributed by atoms with Gasteiger partial charge in [0, 0.05) is 34.6 Å². The van der Waals surface area contributed by atoms with Gasteiger partial charge in [-0.15, -0.1) is 0 Å². The molecule has 0 aliphatic rings. The van der Waals surface area contributed by atoms with Crippen molar-refractivity contribution in [3.63, 3.8) is 0 Å². The number of hydrogen-bond acceptors (Lipinski definition) is 10. The zero-order valence-electron chi connectivity index (χ0n) is 28.6. The highest BCUT2D eigenvalue weighted by Crippen LogP contribution is 2.24. The molecule has 0 saturated carbocycles. The number of carbonyl (C=O) groups excluding carboxylic acids is 2. The molecular weight excluding hydrogens is 648 g/mol. The van der Waals surface area contributed by atoms with Crippen LogP contribution in [0, 0.1) is 47.9 Å². The lowest BCUT2D eigenvalue weighted by molar-refractivity contribution is -0.385. The largest absolute Gasteiger partial charge is 0.490 e. The second-order valence-electron chi connectivity index (χ2n) is 12.2. The van der Waals surface area contributed by atoms with Crippen LogP contribution in [0.15, 0.2) is 84.9 Å². The Morgan fingerprint density at radius 2 is 0.940 bits per heavy atom. The maximum Gasteiger partial charge on any atom is 0.272 e. The number of carbonyl (C=O) groups is 2. The number of hydrogen-bond donors (Lipinski definition) is 4. The maximum absolute atomic E-state index is 12.3. The summed E-state index contributed by atoms with van der Waals surface area (Å²) in [7, 11) is 0. The number of ether oxygens (including phenoxy) is 2. The molecule has 0 radical (unpaired) electrons. The van der Waals surface area contributed by atoms with Crippen molar-refractivity contribution in [2.24, 2.45) is 0 Å². The number of rotatable bonds is 12. The summed E-state index contributed by atoms with van der Waals surface area (Å²) in [6.07, 6.45) is 0. The molecule has 0 heterocycles. The number of nitro groups is 2. The second kappa shape index (κ2) is 16.5. The highest BCUT2D eigenvalue weighted by atomic mass is 16.6. The number of nitrogens with one attached hydrogen (secondary N) is 2. The van der Waals surface area contributed by atoms with E-state index in [0.717, 1.165) is 11.1 Å². The van der Waals surface area contributed by atoms with E-state index in [1.807, 2.05) is 38.1 Å². The summed E-state index contributed by atoms with van der Waals surface area (Å²) in [6, 6.07) is 22.9. The van der Waals surface area contributed by atoms with E-state index >= 15 is 0 Å². The normalized spacial score (nSPS) is 13.0. The minimum absolute atomic E-state index is 0.0348. The first kappa shape index (κ1) is 38.6. The molecule has 4 aromatic rings. The van der Waals surface area contributed by atoms with Gasteiger partial charge >= 0.3 is 0 Å². The minimum Gasteiger partial charge on any atom is -0.490 e. The Hall–Kier alpha value is -5.86. The molecule has 264 valence electrons. The lowest BCUT2D eigenvalue weighted by Crippen LogP contribution is -2.45. The summed E-state index contributed by atoms with van der Waals surface area (Å²) in [5.41, 5.74) is 0.112. The zero-order valence-corrected chi connectivity index (χ0v) is 28.6. The number of aliphatic hydroxyl groups is 2. The fourth-order valence-electron chi connectivity index (χ4n) is 4.26. The van der Waals surface area contributed by atoms with E-state index in [2.05, 4.69) is 10.6 Å². The van der Waals surface area contributed by atoms with E-state index in [0.29, 0.717) is 34.0 Å². The number of anilines is 2. The monoisotopic (exact) mass is 688 g/mol. The SMILES string of the molecule is Cc1ccc(OCC(C)(O)C(=O)Nc2ccc([N+](=O)[O-])c(C)c2)cc1.Cc1ccc(OCC(C)(O)C(=O)Nc2ccc([N+](=O)[O-])c(C)c2)cc1. The molecule has 2 atom stereocenters. The van der Waals surface area contributed by atoms with Gasteiger partial charge in [-0.1, -0.05) is 35.4 Å². The van der Waals surface area contributed by atoms with Crippen LogP contribution >= 0.6 is 0 Å². The topological polar surface area (TPSA) is 203 Å². The molecule has 4 N–H and O–H groups in total. The van der Waals surface area contributed by atoms with E-state index < -0.39 is 32.9 Å².